The first-order valence-corrected chi connectivity index (χ1v) is 9.13. The van der Waals surface area contributed by atoms with E-state index in [1.54, 1.807) is 24.3 Å². The Morgan fingerprint density at radius 1 is 1.04 bits per heavy atom. The van der Waals surface area contributed by atoms with Crippen LogP contribution in [0.1, 0.15) is 31.2 Å². The van der Waals surface area contributed by atoms with Crippen molar-refractivity contribution >= 4 is 16.7 Å². The van der Waals surface area contributed by atoms with Crippen molar-refractivity contribution < 1.29 is 4.79 Å². The van der Waals surface area contributed by atoms with Gasteiger partial charge in [0.1, 0.15) is 0 Å². The van der Waals surface area contributed by atoms with Crippen LogP contribution in [0.4, 0.5) is 0 Å². The van der Waals surface area contributed by atoms with Gasteiger partial charge < -0.3 is 5.32 Å². The maximum Gasteiger partial charge on any atom is 0.273 e. The van der Waals surface area contributed by atoms with Crippen LogP contribution in [-0.4, -0.2) is 22.2 Å². The zero-order valence-electron chi connectivity index (χ0n) is 15.3. The topological polar surface area (TPSA) is 84.0 Å². The molecular weight excluding hydrogens is 342 g/mol. The van der Waals surface area contributed by atoms with Gasteiger partial charge in [0.15, 0.2) is 0 Å². The molecule has 0 aliphatic carbocycles. The summed E-state index contributed by atoms with van der Waals surface area (Å²) in [5.74, 6) is 0.101. The van der Waals surface area contributed by atoms with Crippen LogP contribution >= 0.6 is 0 Å². The number of aryl methyl sites for hydroxylation is 1. The molecule has 0 spiro atoms. The number of fused-ring (bicyclic) bond motifs is 1. The lowest BCUT2D eigenvalue weighted by Gasteiger charge is -2.16. The summed E-state index contributed by atoms with van der Waals surface area (Å²) in [7, 11) is 0. The smallest absolute Gasteiger partial charge is 0.273 e. The van der Waals surface area contributed by atoms with E-state index in [9.17, 15) is 14.4 Å². The van der Waals surface area contributed by atoms with Crippen molar-refractivity contribution in [3.8, 4) is 0 Å². The van der Waals surface area contributed by atoms with Crippen LogP contribution in [0.5, 0.6) is 0 Å². The normalized spacial score (nSPS) is 12.0. The number of aromatic amines is 1. The molecule has 1 atom stereocenters. The van der Waals surface area contributed by atoms with Crippen LogP contribution in [-0.2, 0) is 11.3 Å². The monoisotopic (exact) mass is 365 g/mol. The van der Waals surface area contributed by atoms with Crippen molar-refractivity contribution in [2.75, 3.05) is 6.54 Å². The van der Waals surface area contributed by atoms with Crippen LogP contribution < -0.4 is 16.4 Å². The first-order valence-electron chi connectivity index (χ1n) is 9.13. The molecule has 3 aromatic rings. The molecule has 27 heavy (non-hydrogen) atoms. The highest BCUT2D eigenvalue weighted by molar-refractivity contribution is 5.80. The third-order valence-corrected chi connectivity index (χ3v) is 4.76. The zero-order chi connectivity index (χ0) is 19.2. The number of nitrogens with one attached hydrogen (secondary N) is 2. The van der Waals surface area contributed by atoms with Gasteiger partial charge in [-0.25, -0.2) is 4.68 Å². The highest BCUT2D eigenvalue weighted by atomic mass is 16.2. The Kier molecular flexibility index (Phi) is 5.86. The minimum absolute atomic E-state index is 0.124. The molecule has 2 aromatic carbocycles. The van der Waals surface area contributed by atoms with E-state index in [1.807, 2.05) is 18.2 Å². The van der Waals surface area contributed by atoms with Crippen LogP contribution in [0.2, 0.25) is 0 Å². The van der Waals surface area contributed by atoms with Crippen LogP contribution in [0.3, 0.4) is 0 Å². The Morgan fingerprint density at radius 3 is 2.41 bits per heavy atom. The molecule has 0 fully saturated rings. The number of carbonyl (C=O) groups excluding carboxylic acids is 1. The van der Waals surface area contributed by atoms with Crippen LogP contribution in [0.25, 0.3) is 10.8 Å². The molecule has 1 heterocycles. The summed E-state index contributed by atoms with van der Waals surface area (Å²) < 4.78 is 1.21. The van der Waals surface area contributed by atoms with Crippen LogP contribution in [0.15, 0.2) is 64.2 Å². The van der Waals surface area contributed by atoms with Gasteiger partial charge >= 0.3 is 0 Å². The van der Waals surface area contributed by atoms with Crippen molar-refractivity contribution in [3.63, 3.8) is 0 Å². The van der Waals surface area contributed by atoms with E-state index in [0.717, 1.165) is 6.42 Å². The number of benzene rings is 2. The Balaban J connectivity index is 1.63. The number of aromatic nitrogens is 2. The van der Waals surface area contributed by atoms with Gasteiger partial charge in [-0.15, -0.1) is 0 Å². The summed E-state index contributed by atoms with van der Waals surface area (Å²) in [5, 5.41) is 6.19. The molecular formula is C21H23N3O3. The Hall–Kier alpha value is -3.15. The Labute approximate surface area is 156 Å². The summed E-state index contributed by atoms with van der Waals surface area (Å²) in [6.07, 6.45) is 1.04. The second kappa shape index (κ2) is 8.49. The highest BCUT2D eigenvalue weighted by Gasteiger charge is 2.12. The zero-order valence-corrected chi connectivity index (χ0v) is 15.3. The van der Waals surface area contributed by atoms with Gasteiger partial charge in [0.05, 0.1) is 17.3 Å². The van der Waals surface area contributed by atoms with E-state index in [-0.39, 0.29) is 35.9 Å². The average molecular weight is 365 g/mol. The number of amides is 1. The summed E-state index contributed by atoms with van der Waals surface area (Å²) >= 11 is 0. The summed E-state index contributed by atoms with van der Waals surface area (Å²) in [6, 6.07) is 16.7. The third-order valence-electron chi connectivity index (χ3n) is 4.76. The maximum absolute atomic E-state index is 12.5. The average Bonchev–Trinajstić information content (AvgIpc) is 2.71. The third kappa shape index (κ3) is 4.34. The molecule has 6 heteroatoms. The van der Waals surface area contributed by atoms with Crippen molar-refractivity contribution in [2.45, 2.75) is 32.2 Å². The quantitative estimate of drug-likeness (QED) is 0.674. The number of nitrogens with zero attached hydrogens (tertiary/aromatic N) is 1. The molecule has 0 radical (unpaired) electrons. The van der Waals surface area contributed by atoms with Gasteiger partial charge in [-0.1, -0.05) is 49.4 Å². The Morgan fingerprint density at radius 2 is 1.70 bits per heavy atom. The van der Waals surface area contributed by atoms with E-state index in [0.29, 0.717) is 17.3 Å². The number of carbonyl (C=O) groups is 1. The standard InChI is InChI=1S/C21H23N3O3/c1-2-15(16-8-4-3-5-9-16)14-22-19(25)12-13-24-21(27)18-11-7-6-10-17(18)20(26)23-24/h3-11,15H,2,12-14H2,1H3,(H,22,25)(H,23,26). The maximum atomic E-state index is 12.5. The van der Waals surface area contributed by atoms with Gasteiger partial charge in [-0.2, -0.15) is 0 Å². The molecule has 0 bridgehead atoms. The molecule has 0 aliphatic heterocycles. The second-order valence-corrected chi connectivity index (χ2v) is 6.51. The van der Waals surface area contributed by atoms with E-state index in [4.69, 9.17) is 0 Å². The molecule has 0 aliphatic rings. The number of rotatable bonds is 7. The van der Waals surface area contributed by atoms with Gasteiger partial charge in [0.2, 0.25) is 5.91 Å². The number of hydrogen-bond acceptors (Lipinski definition) is 3. The molecule has 1 amide bonds. The molecule has 3 rings (SSSR count). The number of hydrogen-bond donors (Lipinski definition) is 2. The van der Waals surface area contributed by atoms with Gasteiger partial charge in [0, 0.05) is 18.9 Å². The number of H-pyrrole nitrogens is 1. The molecule has 1 aromatic heterocycles. The first-order chi connectivity index (χ1) is 13.1. The minimum Gasteiger partial charge on any atom is -0.355 e. The minimum atomic E-state index is -0.333. The Bertz CT molecular complexity index is 1040. The largest absolute Gasteiger partial charge is 0.355 e. The van der Waals surface area contributed by atoms with Crippen molar-refractivity contribution in [3.05, 3.63) is 80.9 Å². The SMILES string of the molecule is CCC(CNC(=O)CCn1[nH]c(=O)c2ccccc2c1=O)c1ccccc1. The second-order valence-electron chi connectivity index (χ2n) is 6.51. The lowest BCUT2D eigenvalue weighted by molar-refractivity contribution is -0.121. The summed E-state index contributed by atoms with van der Waals surface area (Å²) in [6.45, 7) is 2.76. The lowest BCUT2D eigenvalue weighted by atomic mass is 9.96. The lowest BCUT2D eigenvalue weighted by Crippen LogP contribution is -2.33. The summed E-state index contributed by atoms with van der Waals surface area (Å²) in [4.78, 5) is 36.8. The predicted molar refractivity (Wildman–Crippen MR) is 106 cm³/mol. The summed E-state index contributed by atoms with van der Waals surface area (Å²) in [5.41, 5.74) is 0.560. The van der Waals surface area contributed by atoms with Gasteiger partial charge in [0.25, 0.3) is 11.1 Å². The fourth-order valence-electron chi connectivity index (χ4n) is 3.17. The van der Waals surface area contributed by atoms with Gasteiger partial charge in [-0.05, 0) is 24.1 Å². The predicted octanol–water partition coefficient (Wildman–Crippen LogP) is 2.39. The molecule has 6 nitrogen and oxygen atoms in total. The van der Waals surface area contributed by atoms with Gasteiger partial charge in [-0.3, -0.25) is 19.5 Å². The fourth-order valence-corrected chi connectivity index (χ4v) is 3.17. The van der Waals surface area contributed by atoms with Crippen LogP contribution in [0, 0.1) is 0 Å². The molecule has 0 saturated carbocycles. The fraction of sp³-hybridized carbons (Fsp3) is 0.286. The van der Waals surface area contributed by atoms with Crippen molar-refractivity contribution in [2.24, 2.45) is 0 Å². The van der Waals surface area contributed by atoms with E-state index in [2.05, 4.69) is 29.5 Å². The van der Waals surface area contributed by atoms with E-state index in [1.165, 1.54) is 10.2 Å². The molecule has 0 saturated heterocycles. The van der Waals surface area contributed by atoms with E-state index < -0.39 is 0 Å². The molecule has 140 valence electrons. The van der Waals surface area contributed by atoms with E-state index >= 15 is 0 Å². The van der Waals surface area contributed by atoms with Crippen molar-refractivity contribution in [1.82, 2.24) is 15.1 Å². The van der Waals surface area contributed by atoms with Crippen molar-refractivity contribution in [1.29, 1.82) is 0 Å². The first kappa shape index (κ1) is 18.6. The highest BCUT2D eigenvalue weighted by Crippen LogP contribution is 2.17. The molecule has 2 N–H and O–H groups in total. The molecule has 1 unspecified atom stereocenters.